The molecule has 176 valence electrons. The number of carbonyl (C=O) groups is 1. The Morgan fingerprint density at radius 3 is 2.74 bits per heavy atom. The van der Waals surface area contributed by atoms with Gasteiger partial charge in [0.05, 0.1) is 23.8 Å². The number of carboxylic acid groups (broad SMARTS) is 1. The van der Waals surface area contributed by atoms with E-state index in [-0.39, 0.29) is 24.1 Å². The number of hydrogen-bond acceptors (Lipinski definition) is 5. The summed E-state index contributed by atoms with van der Waals surface area (Å²) in [6.45, 7) is 1.63. The molecule has 34 heavy (non-hydrogen) atoms. The Kier molecular flexibility index (Phi) is 6.08. The molecule has 2 aromatic carbocycles. The van der Waals surface area contributed by atoms with Gasteiger partial charge in [-0.2, -0.15) is 0 Å². The number of methoxy groups -OCH3 is 1. The first-order valence-corrected chi connectivity index (χ1v) is 11.4. The quantitative estimate of drug-likeness (QED) is 0.370. The number of ether oxygens (including phenoxy) is 2. The van der Waals surface area contributed by atoms with Crippen LogP contribution in [-0.4, -0.2) is 64.9 Å². The number of aliphatic carboxylic acids is 1. The van der Waals surface area contributed by atoms with Gasteiger partial charge in [-0.25, -0.2) is 0 Å². The van der Waals surface area contributed by atoms with Crippen molar-refractivity contribution in [1.82, 2.24) is 14.9 Å². The minimum absolute atomic E-state index is 0.0807. The SMILES string of the molecule is CO[C@@H]1C[C@@H](COc2ccc3[nH]c(-c4cc5ccccc5[nH]c4=O)cc3c2)N(CCC(=O)O)C1. The van der Waals surface area contributed by atoms with Crippen LogP contribution in [0.3, 0.4) is 0 Å². The van der Waals surface area contributed by atoms with E-state index in [1.807, 2.05) is 54.6 Å². The fourth-order valence-electron chi connectivity index (χ4n) is 4.68. The molecule has 1 aliphatic rings. The van der Waals surface area contributed by atoms with Crippen LogP contribution in [0.15, 0.2) is 59.4 Å². The third kappa shape index (κ3) is 4.55. The summed E-state index contributed by atoms with van der Waals surface area (Å²) in [5.74, 6) is -0.0796. The number of H-pyrrole nitrogens is 2. The molecule has 3 heterocycles. The topological polar surface area (TPSA) is 108 Å². The zero-order valence-corrected chi connectivity index (χ0v) is 18.9. The molecule has 0 amide bonds. The number of pyridine rings is 1. The normalized spacial score (nSPS) is 18.6. The number of nitrogens with zero attached hydrogens (tertiary/aromatic N) is 1. The lowest BCUT2D eigenvalue weighted by molar-refractivity contribution is -0.137. The highest BCUT2D eigenvalue weighted by Crippen LogP contribution is 2.28. The van der Waals surface area contributed by atoms with Gasteiger partial charge in [0.2, 0.25) is 0 Å². The molecule has 1 saturated heterocycles. The maximum Gasteiger partial charge on any atom is 0.304 e. The van der Waals surface area contributed by atoms with Crippen LogP contribution in [0.2, 0.25) is 0 Å². The average molecular weight is 462 g/mol. The molecule has 0 spiro atoms. The number of aromatic nitrogens is 2. The molecular weight excluding hydrogens is 434 g/mol. The summed E-state index contributed by atoms with van der Waals surface area (Å²) in [5, 5.41) is 11.0. The van der Waals surface area contributed by atoms with Gasteiger partial charge in [0, 0.05) is 42.7 Å². The van der Waals surface area contributed by atoms with Crippen LogP contribution in [0.5, 0.6) is 5.75 Å². The lowest BCUT2D eigenvalue weighted by Gasteiger charge is -2.23. The molecule has 2 aromatic heterocycles. The molecular formula is C26H27N3O5. The number of fused-ring (bicyclic) bond motifs is 2. The molecule has 3 N–H and O–H groups in total. The first-order valence-electron chi connectivity index (χ1n) is 11.4. The summed E-state index contributed by atoms with van der Waals surface area (Å²) < 4.78 is 11.6. The van der Waals surface area contributed by atoms with E-state index in [4.69, 9.17) is 14.6 Å². The third-order valence-electron chi connectivity index (χ3n) is 6.51. The Hall–Kier alpha value is -3.62. The van der Waals surface area contributed by atoms with Crippen molar-refractivity contribution in [1.29, 1.82) is 0 Å². The van der Waals surface area contributed by atoms with E-state index in [0.29, 0.717) is 25.3 Å². The summed E-state index contributed by atoms with van der Waals surface area (Å²) in [5.41, 5.74) is 2.92. The van der Waals surface area contributed by atoms with E-state index >= 15 is 0 Å². The van der Waals surface area contributed by atoms with Crippen molar-refractivity contribution in [2.45, 2.75) is 25.0 Å². The van der Waals surface area contributed by atoms with Crippen LogP contribution in [0.4, 0.5) is 0 Å². The molecule has 5 rings (SSSR count). The fraction of sp³-hybridized carbons (Fsp3) is 0.308. The summed E-state index contributed by atoms with van der Waals surface area (Å²) in [7, 11) is 1.68. The summed E-state index contributed by atoms with van der Waals surface area (Å²) >= 11 is 0. The molecule has 4 aromatic rings. The second kappa shape index (κ2) is 9.32. The number of para-hydroxylation sites is 1. The highest BCUT2D eigenvalue weighted by Gasteiger charge is 2.32. The van der Waals surface area contributed by atoms with Crippen molar-refractivity contribution in [3.63, 3.8) is 0 Å². The van der Waals surface area contributed by atoms with Gasteiger partial charge in [-0.3, -0.25) is 14.5 Å². The second-order valence-corrected chi connectivity index (χ2v) is 8.73. The molecule has 2 atom stereocenters. The molecule has 1 aliphatic heterocycles. The van der Waals surface area contributed by atoms with Crippen molar-refractivity contribution < 1.29 is 19.4 Å². The van der Waals surface area contributed by atoms with Gasteiger partial charge in [-0.05, 0) is 48.2 Å². The largest absolute Gasteiger partial charge is 0.492 e. The monoisotopic (exact) mass is 461 g/mol. The van der Waals surface area contributed by atoms with Crippen LogP contribution in [0.25, 0.3) is 33.1 Å². The van der Waals surface area contributed by atoms with Crippen LogP contribution in [-0.2, 0) is 9.53 Å². The van der Waals surface area contributed by atoms with E-state index in [2.05, 4.69) is 14.9 Å². The molecule has 1 fully saturated rings. The van der Waals surface area contributed by atoms with E-state index < -0.39 is 5.97 Å². The van der Waals surface area contributed by atoms with Crippen molar-refractivity contribution in [2.24, 2.45) is 0 Å². The lowest BCUT2D eigenvalue weighted by atomic mass is 10.1. The molecule has 8 heteroatoms. The van der Waals surface area contributed by atoms with Crippen LogP contribution < -0.4 is 10.3 Å². The average Bonchev–Trinajstić information content (AvgIpc) is 3.44. The van der Waals surface area contributed by atoms with E-state index in [1.165, 1.54) is 0 Å². The summed E-state index contributed by atoms with van der Waals surface area (Å²) in [6.07, 6.45) is 0.980. The summed E-state index contributed by atoms with van der Waals surface area (Å²) in [6, 6.07) is 17.4. The molecule has 0 unspecified atom stereocenters. The van der Waals surface area contributed by atoms with Crippen molar-refractivity contribution in [3.05, 3.63) is 65.0 Å². The number of likely N-dealkylation sites (tertiary alicyclic amines) is 1. The number of aromatic amines is 2. The second-order valence-electron chi connectivity index (χ2n) is 8.73. The van der Waals surface area contributed by atoms with Gasteiger partial charge in [0.15, 0.2) is 0 Å². The molecule has 0 radical (unpaired) electrons. The number of carboxylic acids is 1. The number of hydrogen-bond donors (Lipinski definition) is 3. The standard InChI is InChI=1S/C26H27N3O5/c1-33-20-13-18(29(14-20)9-8-25(30)31)15-34-19-6-7-23-17(10-19)12-24(27-23)21-11-16-4-2-3-5-22(16)28-26(21)32/h2-7,10-12,18,20,27H,8-9,13-15H2,1H3,(H,28,32)(H,30,31)/t18-,20+/m0/s1. The van der Waals surface area contributed by atoms with Crippen LogP contribution >= 0.6 is 0 Å². The third-order valence-corrected chi connectivity index (χ3v) is 6.51. The first-order chi connectivity index (χ1) is 16.5. The van der Waals surface area contributed by atoms with Gasteiger partial charge in [0.1, 0.15) is 12.4 Å². The fourth-order valence-corrected chi connectivity index (χ4v) is 4.68. The molecule has 0 saturated carbocycles. The smallest absolute Gasteiger partial charge is 0.304 e. The Morgan fingerprint density at radius 2 is 1.91 bits per heavy atom. The Labute approximate surface area is 196 Å². The molecule has 8 nitrogen and oxygen atoms in total. The van der Waals surface area contributed by atoms with Gasteiger partial charge >= 0.3 is 5.97 Å². The first kappa shape index (κ1) is 22.2. The Bertz CT molecular complexity index is 1390. The maximum atomic E-state index is 12.7. The van der Waals surface area contributed by atoms with Crippen molar-refractivity contribution in [3.8, 4) is 17.0 Å². The van der Waals surface area contributed by atoms with Crippen LogP contribution in [0.1, 0.15) is 12.8 Å². The van der Waals surface area contributed by atoms with Crippen molar-refractivity contribution >= 4 is 27.8 Å². The van der Waals surface area contributed by atoms with E-state index in [1.54, 1.807) is 7.11 Å². The predicted molar refractivity (Wildman–Crippen MR) is 130 cm³/mol. The number of rotatable bonds is 8. The highest BCUT2D eigenvalue weighted by molar-refractivity contribution is 5.89. The number of nitrogens with one attached hydrogen (secondary N) is 2. The molecule has 0 bridgehead atoms. The van der Waals surface area contributed by atoms with E-state index in [0.717, 1.165) is 39.7 Å². The predicted octanol–water partition coefficient (Wildman–Crippen LogP) is 3.62. The van der Waals surface area contributed by atoms with E-state index in [9.17, 15) is 9.59 Å². The lowest BCUT2D eigenvalue weighted by Crippen LogP contribution is -2.35. The Morgan fingerprint density at radius 1 is 1.09 bits per heavy atom. The van der Waals surface area contributed by atoms with Crippen molar-refractivity contribution in [2.75, 3.05) is 26.8 Å². The van der Waals surface area contributed by atoms with Crippen LogP contribution in [0, 0.1) is 0 Å². The van der Waals surface area contributed by atoms with Gasteiger partial charge in [-0.1, -0.05) is 18.2 Å². The zero-order chi connectivity index (χ0) is 23.7. The minimum Gasteiger partial charge on any atom is -0.492 e. The Balaban J connectivity index is 1.34. The van der Waals surface area contributed by atoms with Gasteiger partial charge in [0.25, 0.3) is 5.56 Å². The maximum absolute atomic E-state index is 12.7. The van der Waals surface area contributed by atoms with Gasteiger partial charge in [-0.15, -0.1) is 0 Å². The number of benzene rings is 2. The highest BCUT2D eigenvalue weighted by atomic mass is 16.5. The summed E-state index contributed by atoms with van der Waals surface area (Å²) in [4.78, 5) is 32.0. The molecule has 0 aliphatic carbocycles. The van der Waals surface area contributed by atoms with Gasteiger partial charge < -0.3 is 24.5 Å². The minimum atomic E-state index is -0.806. The zero-order valence-electron chi connectivity index (χ0n) is 18.9.